The summed E-state index contributed by atoms with van der Waals surface area (Å²) >= 11 is 3.61. The van der Waals surface area contributed by atoms with Crippen LogP contribution in [0.4, 0.5) is 20.3 Å². The number of anilines is 2. The Morgan fingerprint density at radius 3 is 2.53 bits per heavy atom. The minimum absolute atomic E-state index is 0.108. The lowest BCUT2D eigenvalue weighted by Gasteiger charge is -2.31. The molecule has 3 aliphatic heterocycles. The number of aliphatic hydroxyl groups excluding tert-OH is 1. The van der Waals surface area contributed by atoms with Crippen LogP contribution in [0.15, 0.2) is 83.5 Å². The first-order valence-corrected chi connectivity index (χ1v) is 20.3. The fraction of sp³-hybridized carbons (Fsp3) is 0.389. The van der Waals surface area contributed by atoms with E-state index in [1.54, 1.807) is 27.6 Å². The van der Waals surface area contributed by atoms with E-state index < -0.39 is 31.6 Å². The molecule has 2 amide bonds. The highest BCUT2D eigenvalue weighted by atomic mass is 79.9. The number of carbonyl (C=O) groups excluding carboxylic acids is 2. The molecule has 1 aromatic heterocycles. The van der Waals surface area contributed by atoms with Gasteiger partial charge in [0.15, 0.2) is 5.60 Å². The number of fused-ring (bicyclic) bond motifs is 2. The van der Waals surface area contributed by atoms with Crippen LogP contribution in [-0.4, -0.2) is 66.4 Å². The Kier molecular flexibility index (Phi) is 8.97. The zero-order chi connectivity index (χ0) is 34.5. The van der Waals surface area contributed by atoms with Crippen LogP contribution < -0.4 is 9.80 Å². The van der Waals surface area contributed by atoms with Crippen molar-refractivity contribution in [3.8, 4) is 0 Å². The smallest absolute Gasteiger partial charge is 0.414 e. The first kappa shape index (κ1) is 33.6. The van der Waals surface area contributed by atoms with Crippen LogP contribution in [0.25, 0.3) is 0 Å². The maximum Gasteiger partial charge on any atom is 0.414 e. The quantitative estimate of drug-likeness (QED) is 0.145. The van der Waals surface area contributed by atoms with Gasteiger partial charge in [-0.05, 0) is 61.0 Å². The van der Waals surface area contributed by atoms with Crippen molar-refractivity contribution in [2.45, 2.75) is 62.7 Å². The standard InChI is InChI=1S/C36H39BrFN5O5Si/c1-23-33(49(2,3)38)32(15-16-41-21-30(39-40-41)28(22-44)25-7-5-4-6-8-25)48-36(23)29-19-26(37)11-14-31(29)43(34(36)45)20-24-9-12-27(13-10-24)42-17-18-47-35(42)46/h4-14,19,21,23,28,32-33,44H,15-18,20,22H2,1-3H3/t23-,28?,32+,33-,36+/m0/s1. The molecule has 1 spiro atoms. The minimum atomic E-state index is -3.36. The normalized spacial score (nSPS) is 24.2. The zero-order valence-electron chi connectivity index (χ0n) is 27.6. The molecule has 4 aromatic rings. The number of hydrogen-bond donors (Lipinski definition) is 1. The Morgan fingerprint density at radius 1 is 1.10 bits per heavy atom. The fourth-order valence-corrected chi connectivity index (χ4v) is 10.8. The van der Waals surface area contributed by atoms with E-state index in [9.17, 15) is 14.7 Å². The molecule has 13 heteroatoms. The monoisotopic (exact) mass is 747 g/mol. The number of aromatic nitrogens is 3. The van der Waals surface area contributed by atoms with Crippen LogP contribution in [0.1, 0.15) is 41.6 Å². The molecule has 1 unspecified atom stereocenters. The van der Waals surface area contributed by atoms with Gasteiger partial charge in [-0.2, -0.15) is 0 Å². The molecular formula is C36H39BrFN5O5Si. The van der Waals surface area contributed by atoms with E-state index in [-0.39, 0.29) is 31.1 Å². The molecule has 2 fully saturated rings. The topological polar surface area (TPSA) is 110 Å². The van der Waals surface area contributed by atoms with E-state index in [1.807, 2.05) is 85.9 Å². The molecular weight excluding hydrogens is 709 g/mol. The van der Waals surface area contributed by atoms with Gasteiger partial charge in [-0.15, -0.1) is 5.10 Å². The number of aryl methyl sites for hydroxylation is 1. The van der Waals surface area contributed by atoms with Crippen molar-refractivity contribution in [2.24, 2.45) is 5.92 Å². The van der Waals surface area contributed by atoms with E-state index in [0.29, 0.717) is 31.8 Å². The highest BCUT2D eigenvalue weighted by Crippen LogP contribution is 2.60. The van der Waals surface area contributed by atoms with Crippen LogP contribution in [0.5, 0.6) is 0 Å². The third-order valence-electron chi connectivity index (χ3n) is 10.2. The highest BCUT2D eigenvalue weighted by Gasteiger charge is 2.66. The Balaban J connectivity index is 1.15. The summed E-state index contributed by atoms with van der Waals surface area (Å²) in [5.41, 5.74) is 2.87. The van der Waals surface area contributed by atoms with E-state index in [2.05, 4.69) is 26.2 Å². The van der Waals surface area contributed by atoms with Crippen molar-refractivity contribution in [3.05, 3.63) is 106 Å². The second-order valence-electron chi connectivity index (χ2n) is 13.6. The third-order valence-corrected chi connectivity index (χ3v) is 13.2. The van der Waals surface area contributed by atoms with Crippen LogP contribution in [0.3, 0.4) is 0 Å². The zero-order valence-corrected chi connectivity index (χ0v) is 30.2. The van der Waals surface area contributed by atoms with Gasteiger partial charge < -0.3 is 23.6 Å². The van der Waals surface area contributed by atoms with Crippen LogP contribution >= 0.6 is 15.9 Å². The molecule has 3 aliphatic rings. The summed E-state index contributed by atoms with van der Waals surface area (Å²) in [5, 5.41) is 18.8. The number of carbonyl (C=O) groups is 2. The fourth-order valence-electron chi connectivity index (χ4n) is 7.94. The molecule has 7 rings (SSSR count). The second kappa shape index (κ2) is 13.1. The molecule has 0 aliphatic carbocycles. The first-order chi connectivity index (χ1) is 23.5. The van der Waals surface area contributed by atoms with Gasteiger partial charge in [-0.1, -0.05) is 70.5 Å². The molecule has 3 aromatic carbocycles. The Hall–Kier alpha value is -3.91. The van der Waals surface area contributed by atoms with Crippen molar-refractivity contribution in [1.82, 2.24) is 15.0 Å². The lowest BCUT2D eigenvalue weighted by atomic mass is 9.82. The Labute approximate surface area is 294 Å². The largest absolute Gasteiger partial charge is 0.447 e. The molecule has 5 atom stereocenters. The number of nitrogens with zero attached hydrogens (tertiary/aromatic N) is 5. The number of hydrogen-bond acceptors (Lipinski definition) is 7. The summed E-state index contributed by atoms with van der Waals surface area (Å²) in [5.74, 6) is -0.944. The van der Waals surface area contributed by atoms with Crippen molar-refractivity contribution in [2.75, 3.05) is 29.6 Å². The minimum Gasteiger partial charge on any atom is -0.447 e. The molecule has 4 heterocycles. The number of rotatable bonds is 10. The van der Waals surface area contributed by atoms with Crippen LogP contribution in [0, 0.1) is 5.92 Å². The lowest BCUT2D eigenvalue weighted by molar-refractivity contribution is -0.146. The first-order valence-electron chi connectivity index (χ1n) is 16.6. The van der Waals surface area contributed by atoms with Gasteiger partial charge in [-0.25, -0.2) is 4.79 Å². The summed E-state index contributed by atoms with van der Waals surface area (Å²) in [4.78, 5) is 30.1. The summed E-state index contributed by atoms with van der Waals surface area (Å²) in [6, 6.07) is 22.9. The van der Waals surface area contributed by atoms with Crippen LogP contribution in [-0.2, 0) is 33.0 Å². The lowest BCUT2D eigenvalue weighted by Crippen LogP contribution is -2.45. The SMILES string of the molecule is C[C@H]1[C@H]([Si](C)(C)F)[C@@H](CCn2cc(C(CO)c3ccccc3)nn2)O[C@]12C(=O)N(Cc1ccc(N3CCOC3=O)cc1)c1ccc(Br)cc12. The summed E-state index contributed by atoms with van der Waals surface area (Å²) in [6.07, 6.45) is 1.35. The van der Waals surface area contributed by atoms with E-state index in [1.165, 1.54) is 0 Å². The summed E-state index contributed by atoms with van der Waals surface area (Å²) < 4.78 is 30.8. The molecule has 2 saturated heterocycles. The molecule has 0 radical (unpaired) electrons. The summed E-state index contributed by atoms with van der Waals surface area (Å²) in [6.45, 7) is 6.78. The molecule has 0 bridgehead atoms. The van der Waals surface area contributed by atoms with Crippen molar-refractivity contribution < 1.29 is 28.3 Å². The predicted molar refractivity (Wildman–Crippen MR) is 189 cm³/mol. The number of halogens is 2. The van der Waals surface area contributed by atoms with Gasteiger partial charge >= 0.3 is 6.09 Å². The van der Waals surface area contributed by atoms with Gasteiger partial charge in [0.1, 0.15) is 6.61 Å². The highest BCUT2D eigenvalue weighted by molar-refractivity contribution is 9.10. The number of aliphatic hydroxyl groups is 1. The average Bonchev–Trinajstić information content (AvgIpc) is 3.84. The Morgan fingerprint density at radius 2 is 1.86 bits per heavy atom. The van der Waals surface area contributed by atoms with E-state index >= 15 is 4.11 Å². The predicted octanol–water partition coefficient (Wildman–Crippen LogP) is 6.53. The molecule has 256 valence electrons. The van der Waals surface area contributed by atoms with Gasteiger partial charge in [0.2, 0.25) is 8.41 Å². The number of benzene rings is 3. The Bertz CT molecular complexity index is 1850. The van der Waals surface area contributed by atoms with Gasteiger partial charge in [-0.3, -0.25) is 14.4 Å². The number of cyclic esters (lactones) is 1. The molecule has 10 nitrogen and oxygen atoms in total. The average molecular weight is 749 g/mol. The third kappa shape index (κ3) is 6.00. The maximum absolute atomic E-state index is 16.3. The molecule has 1 N–H and O–H groups in total. The van der Waals surface area contributed by atoms with Crippen molar-refractivity contribution >= 4 is 47.7 Å². The molecule has 49 heavy (non-hydrogen) atoms. The number of amides is 2. The van der Waals surface area contributed by atoms with E-state index in [4.69, 9.17) is 9.47 Å². The van der Waals surface area contributed by atoms with Crippen molar-refractivity contribution in [3.63, 3.8) is 0 Å². The van der Waals surface area contributed by atoms with Gasteiger partial charge in [0, 0.05) is 39.9 Å². The maximum atomic E-state index is 16.3. The van der Waals surface area contributed by atoms with Crippen LogP contribution in [0.2, 0.25) is 18.6 Å². The second-order valence-corrected chi connectivity index (χ2v) is 18.3. The van der Waals surface area contributed by atoms with Crippen molar-refractivity contribution in [1.29, 1.82) is 0 Å². The molecule has 0 saturated carbocycles. The summed E-state index contributed by atoms with van der Waals surface area (Å²) in [7, 11) is -3.36. The van der Waals surface area contributed by atoms with E-state index in [0.717, 1.165) is 32.5 Å². The van der Waals surface area contributed by atoms with Gasteiger partial charge in [0.25, 0.3) is 5.91 Å². The van der Waals surface area contributed by atoms with Gasteiger partial charge in [0.05, 0.1) is 43.1 Å². The number of ether oxygens (including phenoxy) is 2.